The van der Waals surface area contributed by atoms with Gasteiger partial charge in [-0.05, 0) is 39.7 Å². The Balaban J connectivity index is 2.32. The summed E-state index contributed by atoms with van der Waals surface area (Å²) in [4.78, 5) is 13.6. The maximum absolute atomic E-state index is 11.8. The molecule has 0 aromatic rings. The number of likely N-dealkylation sites (tertiary alicyclic amines) is 1. The molecule has 0 radical (unpaired) electrons. The molecule has 4 heteroatoms. The second-order valence-electron chi connectivity index (χ2n) is 6.14. The third-order valence-electron chi connectivity index (χ3n) is 2.75. The molecule has 1 aliphatic rings. The van der Waals surface area contributed by atoms with Crippen LogP contribution in [0.15, 0.2) is 0 Å². The number of ether oxygens (including phenoxy) is 1. The Labute approximate surface area is 105 Å². The van der Waals surface area contributed by atoms with Crippen LogP contribution in [0.5, 0.6) is 0 Å². The summed E-state index contributed by atoms with van der Waals surface area (Å²) >= 11 is 0. The zero-order valence-corrected chi connectivity index (χ0v) is 11.7. The van der Waals surface area contributed by atoms with Gasteiger partial charge in [0.25, 0.3) is 0 Å². The fraction of sp³-hybridized carbons (Fsp3) is 0.923. The normalized spacial score (nSPS) is 21.1. The molecule has 0 saturated carbocycles. The third-order valence-corrected chi connectivity index (χ3v) is 2.75. The van der Waals surface area contributed by atoms with Crippen molar-refractivity contribution in [3.8, 4) is 0 Å². The maximum atomic E-state index is 11.8. The summed E-state index contributed by atoms with van der Waals surface area (Å²) in [6.07, 6.45) is 0.892. The smallest absolute Gasteiger partial charge is 0.410 e. The lowest BCUT2D eigenvalue weighted by Gasteiger charge is -2.24. The summed E-state index contributed by atoms with van der Waals surface area (Å²) in [5.74, 6) is 0.560. The molecule has 1 atom stereocenters. The molecular formula is C13H26N2O2. The van der Waals surface area contributed by atoms with Crippen LogP contribution in [-0.4, -0.2) is 42.3 Å². The van der Waals surface area contributed by atoms with Gasteiger partial charge in [-0.25, -0.2) is 4.79 Å². The van der Waals surface area contributed by atoms with Gasteiger partial charge in [-0.1, -0.05) is 13.8 Å². The van der Waals surface area contributed by atoms with Crippen LogP contribution in [0.25, 0.3) is 0 Å². The van der Waals surface area contributed by atoms with Crippen molar-refractivity contribution in [3.63, 3.8) is 0 Å². The van der Waals surface area contributed by atoms with Gasteiger partial charge in [-0.15, -0.1) is 0 Å². The van der Waals surface area contributed by atoms with Gasteiger partial charge >= 0.3 is 6.09 Å². The molecule has 0 aromatic heterocycles. The number of nitrogens with zero attached hydrogens (tertiary/aromatic N) is 1. The van der Waals surface area contributed by atoms with E-state index < -0.39 is 5.60 Å². The minimum absolute atomic E-state index is 0.176. The molecule has 17 heavy (non-hydrogen) atoms. The molecule has 1 unspecified atom stereocenters. The number of carbonyl (C=O) groups excluding carboxylic acids is 1. The first-order chi connectivity index (χ1) is 7.78. The van der Waals surface area contributed by atoms with Crippen LogP contribution in [0.1, 0.15) is 41.0 Å². The molecule has 1 rings (SSSR count). The SMILES string of the molecule is CC(C)NCC1CCN(C(=O)OC(C)(C)C)C1. The summed E-state index contributed by atoms with van der Waals surface area (Å²) in [5.41, 5.74) is -0.397. The van der Waals surface area contributed by atoms with Gasteiger partial charge in [-0.2, -0.15) is 0 Å². The summed E-state index contributed by atoms with van der Waals surface area (Å²) in [6, 6.07) is 0.505. The minimum Gasteiger partial charge on any atom is -0.444 e. The van der Waals surface area contributed by atoms with Crippen molar-refractivity contribution in [2.75, 3.05) is 19.6 Å². The van der Waals surface area contributed by atoms with Crippen molar-refractivity contribution in [1.82, 2.24) is 10.2 Å². The van der Waals surface area contributed by atoms with Crippen LogP contribution < -0.4 is 5.32 Å². The first-order valence-corrected chi connectivity index (χ1v) is 6.49. The molecule has 100 valence electrons. The average molecular weight is 242 g/mol. The maximum Gasteiger partial charge on any atom is 0.410 e. The van der Waals surface area contributed by atoms with E-state index in [0.717, 1.165) is 26.1 Å². The molecule has 4 nitrogen and oxygen atoms in total. The Morgan fingerprint density at radius 2 is 2.12 bits per heavy atom. The number of amides is 1. The Morgan fingerprint density at radius 3 is 2.65 bits per heavy atom. The topological polar surface area (TPSA) is 41.6 Å². The van der Waals surface area contributed by atoms with Crippen molar-refractivity contribution >= 4 is 6.09 Å². The van der Waals surface area contributed by atoms with E-state index in [-0.39, 0.29) is 6.09 Å². The van der Waals surface area contributed by atoms with Crippen molar-refractivity contribution in [2.45, 2.75) is 52.7 Å². The van der Waals surface area contributed by atoms with E-state index in [4.69, 9.17) is 4.74 Å². The van der Waals surface area contributed by atoms with Gasteiger partial charge in [0.15, 0.2) is 0 Å². The van der Waals surface area contributed by atoms with E-state index in [0.29, 0.717) is 12.0 Å². The van der Waals surface area contributed by atoms with Crippen LogP contribution in [-0.2, 0) is 4.74 Å². The van der Waals surface area contributed by atoms with Crippen molar-refractivity contribution < 1.29 is 9.53 Å². The van der Waals surface area contributed by atoms with E-state index in [2.05, 4.69) is 19.2 Å². The standard InChI is InChI=1S/C13H26N2O2/c1-10(2)14-8-11-6-7-15(9-11)12(16)17-13(3,4)5/h10-11,14H,6-9H2,1-5H3. The van der Waals surface area contributed by atoms with Crippen molar-refractivity contribution in [3.05, 3.63) is 0 Å². The highest BCUT2D eigenvalue weighted by atomic mass is 16.6. The highest BCUT2D eigenvalue weighted by molar-refractivity contribution is 5.68. The number of rotatable bonds is 3. The van der Waals surface area contributed by atoms with Crippen molar-refractivity contribution in [1.29, 1.82) is 0 Å². The fourth-order valence-electron chi connectivity index (χ4n) is 1.89. The summed E-state index contributed by atoms with van der Waals surface area (Å²) in [7, 11) is 0. The lowest BCUT2D eigenvalue weighted by atomic mass is 10.1. The molecule has 1 saturated heterocycles. The van der Waals surface area contributed by atoms with Crippen molar-refractivity contribution in [2.24, 2.45) is 5.92 Å². The zero-order valence-electron chi connectivity index (χ0n) is 11.7. The highest BCUT2D eigenvalue weighted by Crippen LogP contribution is 2.18. The van der Waals surface area contributed by atoms with Gasteiger partial charge in [-0.3, -0.25) is 0 Å². The zero-order chi connectivity index (χ0) is 13.1. The van der Waals surface area contributed by atoms with Crippen LogP contribution in [0.2, 0.25) is 0 Å². The minimum atomic E-state index is -0.397. The largest absolute Gasteiger partial charge is 0.444 e. The molecule has 0 spiro atoms. The van der Waals surface area contributed by atoms with Crippen LogP contribution in [0.4, 0.5) is 4.79 Å². The Kier molecular flexibility index (Phi) is 4.80. The van der Waals surface area contributed by atoms with E-state index >= 15 is 0 Å². The van der Waals surface area contributed by atoms with Crippen LogP contribution in [0, 0.1) is 5.92 Å². The molecule has 0 bridgehead atoms. The predicted octanol–water partition coefficient (Wildman–Crippen LogP) is 2.24. The number of hydrogen-bond acceptors (Lipinski definition) is 3. The highest BCUT2D eigenvalue weighted by Gasteiger charge is 2.29. The molecule has 1 fully saturated rings. The first-order valence-electron chi connectivity index (χ1n) is 6.49. The number of carbonyl (C=O) groups is 1. The molecule has 0 aromatic carbocycles. The Bertz CT molecular complexity index is 259. The fourth-order valence-corrected chi connectivity index (χ4v) is 1.89. The van der Waals surface area contributed by atoms with Crippen LogP contribution >= 0.6 is 0 Å². The molecule has 0 aliphatic carbocycles. The lowest BCUT2D eigenvalue weighted by molar-refractivity contribution is 0.0288. The van der Waals surface area contributed by atoms with Crippen LogP contribution in [0.3, 0.4) is 0 Å². The first kappa shape index (κ1) is 14.3. The predicted molar refractivity (Wildman–Crippen MR) is 69.1 cm³/mol. The van der Waals surface area contributed by atoms with E-state index in [1.165, 1.54) is 0 Å². The van der Waals surface area contributed by atoms with E-state index in [9.17, 15) is 4.79 Å². The number of nitrogens with one attached hydrogen (secondary N) is 1. The van der Waals surface area contributed by atoms with Gasteiger partial charge in [0.2, 0.25) is 0 Å². The second-order valence-corrected chi connectivity index (χ2v) is 6.14. The summed E-state index contributed by atoms with van der Waals surface area (Å²) < 4.78 is 5.36. The van der Waals surface area contributed by atoms with E-state index in [1.807, 2.05) is 25.7 Å². The molecule has 1 heterocycles. The summed E-state index contributed by atoms with van der Waals surface area (Å²) in [6.45, 7) is 12.6. The van der Waals surface area contributed by atoms with Gasteiger partial charge in [0.05, 0.1) is 0 Å². The average Bonchev–Trinajstić information content (AvgIpc) is 2.60. The molecule has 1 aliphatic heterocycles. The number of hydrogen-bond donors (Lipinski definition) is 1. The lowest BCUT2D eigenvalue weighted by Crippen LogP contribution is -2.36. The van der Waals surface area contributed by atoms with Gasteiger partial charge in [0, 0.05) is 19.1 Å². The molecule has 1 N–H and O–H groups in total. The summed E-state index contributed by atoms with van der Waals surface area (Å²) in [5, 5.41) is 3.42. The van der Waals surface area contributed by atoms with Gasteiger partial charge in [0.1, 0.15) is 5.60 Å². The van der Waals surface area contributed by atoms with E-state index in [1.54, 1.807) is 0 Å². The monoisotopic (exact) mass is 242 g/mol. The third kappa shape index (κ3) is 5.39. The molecule has 1 amide bonds. The molecular weight excluding hydrogens is 216 g/mol. The second kappa shape index (κ2) is 5.71. The quantitative estimate of drug-likeness (QED) is 0.825. The Morgan fingerprint density at radius 1 is 1.47 bits per heavy atom. The Hall–Kier alpha value is -0.770. The van der Waals surface area contributed by atoms with Gasteiger partial charge < -0.3 is 15.0 Å².